The average Bonchev–Trinajstić information content (AvgIpc) is 3.37. The number of carbonyl (C=O) groups is 1. The average molecular weight is 426 g/mol. The van der Waals surface area contributed by atoms with Crippen molar-refractivity contribution in [2.75, 3.05) is 0 Å². The maximum Gasteiger partial charge on any atom is 0.337 e. The van der Waals surface area contributed by atoms with Crippen LogP contribution in [-0.4, -0.2) is 20.9 Å². The van der Waals surface area contributed by atoms with Gasteiger partial charge in [0.25, 0.3) is 0 Å². The van der Waals surface area contributed by atoms with Gasteiger partial charge < -0.3 is 9.67 Å². The van der Waals surface area contributed by atoms with Crippen LogP contribution < -0.4 is 0 Å². The molecule has 0 radical (unpaired) electrons. The molecule has 0 atom stereocenters. The first-order valence-electron chi connectivity index (χ1n) is 11.4. The number of carboxylic acid groups (broad SMARTS) is 1. The van der Waals surface area contributed by atoms with Gasteiger partial charge in [-0.2, -0.15) is 0 Å². The first-order chi connectivity index (χ1) is 14.1. The highest BCUT2D eigenvalue weighted by atomic mass is 32.2. The molecular weight excluding hydrogens is 390 g/mol. The fraction of sp³-hybridized carbons (Fsp3) is 0.577. The Morgan fingerprint density at radius 3 is 2.37 bits per heavy atom. The van der Waals surface area contributed by atoms with Crippen LogP contribution in [0.4, 0.5) is 0 Å². The predicted octanol–water partition coefficient (Wildman–Crippen LogP) is 7.26. The van der Waals surface area contributed by atoms with Gasteiger partial charge in [0.05, 0.1) is 10.6 Å². The van der Waals surface area contributed by atoms with Gasteiger partial charge in [0.15, 0.2) is 0 Å². The quantitative estimate of drug-likeness (QED) is 0.548. The highest BCUT2D eigenvalue weighted by Gasteiger charge is 2.40. The molecular formula is C26H35NO2S. The second-order valence-electron chi connectivity index (χ2n) is 10.6. The summed E-state index contributed by atoms with van der Waals surface area (Å²) in [6, 6.07) is 6.95. The third-order valence-electron chi connectivity index (χ3n) is 7.02. The summed E-state index contributed by atoms with van der Waals surface area (Å²) < 4.78 is 2.17. The summed E-state index contributed by atoms with van der Waals surface area (Å²) in [5, 5.41) is 11.5. The lowest BCUT2D eigenvalue weighted by Gasteiger charge is -2.25. The van der Waals surface area contributed by atoms with E-state index in [1.807, 2.05) is 24.9 Å². The van der Waals surface area contributed by atoms with Crippen LogP contribution in [0.5, 0.6) is 0 Å². The SMILES string of the molecule is Cc1c(C(=O)O)cn(-c2cc(C(C)(C)C)cc(C3(C)CC3)c2)c1SC1CCCCC1. The van der Waals surface area contributed by atoms with Crippen molar-refractivity contribution < 1.29 is 9.90 Å². The van der Waals surface area contributed by atoms with Crippen LogP contribution in [0, 0.1) is 6.92 Å². The standard InChI is InChI=1S/C26H35NO2S/c1-17-22(24(28)29)16-27(23(17)30-21-9-7-6-8-10-21)20-14-18(25(2,3)4)13-19(15-20)26(5)11-12-26/h13-16,21H,6-12H2,1-5H3,(H,28,29). The van der Waals surface area contributed by atoms with E-state index in [1.165, 1.54) is 56.1 Å². The first-order valence-corrected chi connectivity index (χ1v) is 12.2. The summed E-state index contributed by atoms with van der Waals surface area (Å²) in [6.07, 6.45) is 10.7. The Hall–Kier alpha value is -1.68. The molecule has 2 saturated carbocycles. The smallest absolute Gasteiger partial charge is 0.337 e. The number of nitrogens with zero attached hydrogens (tertiary/aromatic N) is 1. The molecule has 0 bridgehead atoms. The fourth-order valence-corrected chi connectivity index (χ4v) is 5.92. The van der Waals surface area contributed by atoms with Gasteiger partial charge in [-0.1, -0.05) is 53.0 Å². The molecule has 2 aliphatic rings. The Morgan fingerprint density at radius 1 is 1.13 bits per heavy atom. The van der Waals surface area contributed by atoms with E-state index in [4.69, 9.17) is 0 Å². The van der Waals surface area contributed by atoms with E-state index in [2.05, 4.69) is 50.5 Å². The summed E-state index contributed by atoms with van der Waals surface area (Å²) in [7, 11) is 0. The van der Waals surface area contributed by atoms with Crippen molar-refractivity contribution in [1.29, 1.82) is 0 Å². The van der Waals surface area contributed by atoms with Gasteiger partial charge in [-0.15, -0.1) is 11.8 Å². The van der Waals surface area contributed by atoms with Crippen LogP contribution in [0.1, 0.15) is 99.7 Å². The zero-order chi connectivity index (χ0) is 21.7. The lowest BCUT2D eigenvalue weighted by atomic mass is 9.83. The zero-order valence-corrected chi connectivity index (χ0v) is 19.9. The molecule has 4 heteroatoms. The van der Waals surface area contributed by atoms with Crippen molar-refractivity contribution in [1.82, 2.24) is 4.57 Å². The lowest BCUT2D eigenvalue weighted by Crippen LogP contribution is -2.15. The van der Waals surface area contributed by atoms with Gasteiger partial charge in [-0.3, -0.25) is 0 Å². The van der Waals surface area contributed by atoms with Gasteiger partial charge in [0.1, 0.15) is 0 Å². The second-order valence-corrected chi connectivity index (χ2v) is 11.9. The maximum absolute atomic E-state index is 12.0. The lowest BCUT2D eigenvalue weighted by molar-refractivity contribution is 0.0696. The predicted molar refractivity (Wildman–Crippen MR) is 125 cm³/mol. The van der Waals surface area contributed by atoms with Gasteiger partial charge in [-0.25, -0.2) is 4.79 Å². The Balaban J connectivity index is 1.84. The highest BCUT2D eigenvalue weighted by molar-refractivity contribution is 7.99. The number of benzene rings is 1. The molecule has 1 N–H and O–H groups in total. The monoisotopic (exact) mass is 425 g/mol. The van der Waals surface area contributed by atoms with E-state index in [0.29, 0.717) is 10.8 Å². The highest BCUT2D eigenvalue weighted by Crippen LogP contribution is 2.49. The molecule has 0 unspecified atom stereocenters. The molecule has 0 amide bonds. The topological polar surface area (TPSA) is 42.2 Å². The van der Waals surface area contributed by atoms with Gasteiger partial charge in [0, 0.05) is 17.1 Å². The van der Waals surface area contributed by atoms with Gasteiger partial charge >= 0.3 is 5.97 Å². The molecule has 2 fully saturated rings. The fourth-order valence-electron chi connectivity index (χ4n) is 4.48. The largest absolute Gasteiger partial charge is 0.478 e. The molecule has 1 heterocycles. The summed E-state index contributed by atoms with van der Waals surface area (Å²) >= 11 is 1.89. The van der Waals surface area contributed by atoms with Crippen LogP contribution in [0.3, 0.4) is 0 Å². The Morgan fingerprint density at radius 2 is 1.80 bits per heavy atom. The van der Waals surface area contributed by atoms with Crippen molar-refractivity contribution in [3.8, 4) is 5.69 Å². The third kappa shape index (κ3) is 4.21. The molecule has 2 aliphatic carbocycles. The minimum Gasteiger partial charge on any atom is -0.478 e. The second kappa shape index (κ2) is 7.78. The van der Waals surface area contributed by atoms with Crippen molar-refractivity contribution in [2.45, 2.75) is 101 Å². The van der Waals surface area contributed by atoms with Crippen molar-refractivity contribution >= 4 is 17.7 Å². The van der Waals surface area contributed by atoms with Gasteiger partial charge in [-0.05, 0) is 72.3 Å². The summed E-state index contributed by atoms with van der Waals surface area (Å²) in [4.78, 5) is 12.0. The number of thioether (sulfide) groups is 1. The summed E-state index contributed by atoms with van der Waals surface area (Å²) in [5.41, 5.74) is 5.46. The maximum atomic E-state index is 12.0. The minimum absolute atomic E-state index is 0.0461. The Bertz CT molecular complexity index is 933. The third-order valence-corrected chi connectivity index (χ3v) is 8.55. The molecule has 1 aromatic carbocycles. The zero-order valence-electron chi connectivity index (χ0n) is 19.0. The van der Waals surface area contributed by atoms with Crippen LogP contribution >= 0.6 is 11.8 Å². The number of hydrogen-bond donors (Lipinski definition) is 1. The van der Waals surface area contributed by atoms with E-state index in [9.17, 15) is 9.90 Å². The van der Waals surface area contributed by atoms with E-state index >= 15 is 0 Å². The van der Waals surface area contributed by atoms with E-state index in [1.54, 1.807) is 0 Å². The molecule has 4 rings (SSSR count). The normalized spacial score (nSPS) is 19.1. The van der Waals surface area contributed by atoms with E-state index < -0.39 is 5.97 Å². The molecule has 0 spiro atoms. The van der Waals surface area contributed by atoms with Crippen LogP contribution in [0.25, 0.3) is 5.69 Å². The van der Waals surface area contributed by atoms with Crippen molar-refractivity contribution in [2.24, 2.45) is 0 Å². The number of aromatic carboxylic acids is 1. The van der Waals surface area contributed by atoms with Crippen LogP contribution in [0.2, 0.25) is 0 Å². The van der Waals surface area contributed by atoms with Crippen LogP contribution in [0.15, 0.2) is 29.4 Å². The molecule has 1 aromatic heterocycles. The number of carboxylic acids is 1. The van der Waals surface area contributed by atoms with E-state index in [-0.39, 0.29) is 10.8 Å². The molecule has 30 heavy (non-hydrogen) atoms. The number of rotatable bonds is 5. The Labute approximate surface area is 185 Å². The first kappa shape index (κ1) is 21.5. The summed E-state index contributed by atoms with van der Waals surface area (Å²) in [5.74, 6) is -0.835. The summed E-state index contributed by atoms with van der Waals surface area (Å²) in [6.45, 7) is 11.1. The van der Waals surface area contributed by atoms with Crippen molar-refractivity contribution in [3.05, 3.63) is 46.6 Å². The number of hydrogen-bond acceptors (Lipinski definition) is 2. The molecule has 162 valence electrons. The van der Waals surface area contributed by atoms with E-state index in [0.717, 1.165) is 16.3 Å². The number of aromatic nitrogens is 1. The van der Waals surface area contributed by atoms with Gasteiger partial charge in [0.2, 0.25) is 0 Å². The molecule has 3 nitrogen and oxygen atoms in total. The van der Waals surface area contributed by atoms with Crippen molar-refractivity contribution in [3.63, 3.8) is 0 Å². The Kier molecular flexibility index (Phi) is 5.59. The van der Waals surface area contributed by atoms with Crippen LogP contribution in [-0.2, 0) is 10.8 Å². The molecule has 0 aliphatic heterocycles. The molecule has 2 aromatic rings. The minimum atomic E-state index is -0.835. The molecule has 0 saturated heterocycles.